The zero-order chi connectivity index (χ0) is 17.3. The quantitative estimate of drug-likeness (QED) is 0.801. The van der Waals surface area contributed by atoms with E-state index in [9.17, 15) is 13.6 Å². The predicted molar refractivity (Wildman–Crippen MR) is 85.1 cm³/mol. The molecule has 1 N–H and O–H groups in total. The molecule has 1 aromatic carbocycles. The van der Waals surface area contributed by atoms with Crippen molar-refractivity contribution in [2.75, 3.05) is 5.32 Å². The standard InChI is InChI=1S/C17H14F2N4O/c1-10-5-6-20-16(7-10)21-17(24)14-8-11(2)23(22-14)15-4-3-12(18)9-13(15)19/h3-9H,1-2H3,(H,20,21,24). The molecule has 0 fully saturated rings. The van der Waals surface area contributed by atoms with Crippen LogP contribution in [0.3, 0.4) is 0 Å². The highest BCUT2D eigenvalue weighted by atomic mass is 19.1. The van der Waals surface area contributed by atoms with Crippen molar-refractivity contribution in [2.24, 2.45) is 0 Å². The molecule has 0 aliphatic carbocycles. The number of carbonyl (C=O) groups is 1. The van der Waals surface area contributed by atoms with Crippen LogP contribution >= 0.6 is 0 Å². The van der Waals surface area contributed by atoms with E-state index >= 15 is 0 Å². The summed E-state index contributed by atoms with van der Waals surface area (Å²) in [4.78, 5) is 16.3. The Labute approximate surface area is 137 Å². The molecule has 0 radical (unpaired) electrons. The second-order valence-electron chi connectivity index (χ2n) is 5.35. The molecule has 2 aromatic heterocycles. The van der Waals surface area contributed by atoms with Crippen LogP contribution in [0.4, 0.5) is 14.6 Å². The Balaban J connectivity index is 1.89. The fraction of sp³-hybridized carbons (Fsp3) is 0.118. The molecule has 1 amide bonds. The van der Waals surface area contributed by atoms with Gasteiger partial charge in [-0.25, -0.2) is 18.4 Å². The van der Waals surface area contributed by atoms with Gasteiger partial charge in [0.2, 0.25) is 0 Å². The number of hydrogen-bond acceptors (Lipinski definition) is 3. The molecule has 2 heterocycles. The maximum absolute atomic E-state index is 13.9. The van der Waals surface area contributed by atoms with Crippen LogP contribution in [0.1, 0.15) is 21.7 Å². The van der Waals surface area contributed by atoms with Crippen molar-refractivity contribution in [3.05, 3.63) is 71.2 Å². The molecule has 122 valence electrons. The molecule has 3 aromatic rings. The summed E-state index contributed by atoms with van der Waals surface area (Å²) in [7, 11) is 0. The summed E-state index contributed by atoms with van der Waals surface area (Å²) in [5.41, 5.74) is 1.68. The first kappa shape index (κ1) is 15.8. The fourth-order valence-corrected chi connectivity index (χ4v) is 2.27. The highest BCUT2D eigenvalue weighted by Crippen LogP contribution is 2.17. The molecule has 3 rings (SSSR count). The van der Waals surface area contributed by atoms with Gasteiger partial charge in [0.15, 0.2) is 11.5 Å². The summed E-state index contributed by atoms with van der Waals surface area (Å²) in [6.45, 7) is 3.56. The number of hydrogen-bond donors (Lipinski definition) is 1. The van der Waals surface area contributed by atoms with Crippen molar-refractivity contribution >= 4 is 11.7 Å². The number of nitrogens with one attached hydrogen (secondary N) is 1. The lowest BCUT2D eigenvalue weighted by Gasteiger charge is -2.05. The number of halogens is 2. The smallest absolute Gasteiger partial charge is 0.277 e. The van der Waals surface area contributed by atoms with Crippen LogP contribution in [0.2, 0.25) is 0 Å². The number of aromatic nitrogens is 3. The zero-order valence-corrected chi connectivity index (χ0v) is 13.0. The van der Waals surface area contributed by atoms with E-state index in [4.69, 9.17) is 0 Å². The summed E-state index contributed by atoms with van der Waals surface area (Å²) in [6.07, 6.45) is 1.59. The topological polar surface area (TPSA) is 59.8 Å². The Morgan fingerprint density at radius 1 is 1.12 bits per heavy atom. The van der Waals surface area contributed by atoms with Crippen molar-refractivity contribution in [1.82, 2.24) is 14.8 Å². The summed E-state index contributed by atoms with van der Waals surface area (Å²) >= 11 is 0. The van der Waals surface area contributed by atoms with Gasteiger partial charge in [0.05, 0.1) is 0 Å². The maximum Gasteiger partial charge on any atom is 0.277 e. The van der Waals surface area contributed by atoms with Crippen molar-refractivity contribution in [2.45, 2.75) is 13.8 Å². The third-order valence-electron chi connectivity index (χ3n) is 3.42. The second kappa shape index (κ2) is 6.19. The Morgan fingerprint density at radius 2 is 1.92 bits per heavy atom. The third kappa shape index (κ3) is 3.15. The fourth-order valence-electron chi connectivity index (χ4n) is 2.27. The van der Waals surface area contributed by atoms with Gasteiger partial charge in [0.1, 0.15) is 17.3 Å². The van der Waals surface area contributed by atoms with E-state index in [2.05, 4.69) is 15.4 Å². The Bertz CT molecular complexity index is 921. The van der Waals surface area contributed by atoms with E-state index in [-0.39, 0.29) is 11.4 Å². The second-order valence-corrected chi connectivity index (χ2v) is 5.35. The van der Waals surface area contributed by atoms with Gasteiger partial charge in [0, 0.05) is 18.0 Å². The number of nitrogens with zero attached hydrogens (tertiary/aromatic N) is 3. The van der Waals surface area contributed by atoms with Gasteiger partial charge in [-0.1, -0.05) is 0 Å². The average Bonchev–Trinajstić information content (AvgIpc) is 2.89. The first-order valence-corrected chi connectivity index (χ1v) is 7.20. The van der Waals surface area contributed by atoms with Crippen molar-refractivity contribution < 1.29 is 13.6 Å². The number of aryl methyl sites for hydroxylation is 2. The van der Waals surface area contributed by atoms with Crippen LogP contribution in [0.25, 0.3) is 5.69 Å². The van der Waals surface area contributed by atoms with Gasteiger partial charge < -0.3 is 5.32 Å². The monoisotopic (exact) mass is 328 g/mol. The molecule has 0 saturated carbocycles. The maximum atomic E-state index is 13.9. The Kier molecular flexibility index (Phi) is 4.07. The average molecular weight is 328 g/mol. The predicted octanol–water partition coefficient (Wildman–Crippen LogP) is 3.41. The largest absolute Gasteiger partial charge is 0.305 e. The van der Waals surface area contributed by atoms with E-state index in [1.807, 2.05) is 13.0 Å². The highest BCUT2D eigenvalue weighted by molar-refractivity contribution is 6.02. The van der Waals surface area contributed by atoms with Crippen LogP contribution in [0, 0.1) is 25.5 Å². The third-order valence-corrected chi connectivity index (χ3v) is 3.42. The zero-order valence-electron chi connectivity index (χ0n) is 13.0. The van der Waals surface area contributed by atoms with Crippen LogP contribution in [0.5, 0.6) is 0 Å². The molecule has 0 atom stereocenters. The van der Waals surface area contributed by atoms with E-state index < -0.39 is 17.5 Å². The number of amides is 1. The van der Waals surface area contributed by atoms with Crippen molar-refractivity contribution in [3.63, 3.8) is 0 Å². The van der Waals surface area contributed by atoms with Gasteiger partial charge in [0.25, 0.3) is 5.91 Å². The molecular formula is C17H14F2N4O. The Morgan fingerprint density at radius 3 is 2.62 bits per heavy atom. The molecule has 0 bridgehead atoms. The van der Waals surface area contributed by atoms with Gasteiger partial charge >= 0.3 is 0 Å². The van der Waals surface area contributed by atoms with Crippen molar-refractivity contribution in [3.8, 4) is 5.69 Å². The Hall–Kier alpha value is -3.09. The van der Waals surface area contributed by atoms with E-state index in [1.54, 1.807) is 19.2 Å². The van der Waals surface area contributed by atoms with E-state index in [1.165, 1.54) is 16.8 Å². The molecule has 0 saturated heterocycles. The van der Waals surface area contributed by atoms with E-state index in [0.29, 0.717) is 11.5 Å². The van der Waals surface area contributed by atoms with Crippen LogP contribution < -0.4 is 5.32 Å². The lowest BCUT2D eigenvalue weighted by Crippen LogP contribution is -2.14. The first-order valence-electron chi connectivity index (χ1n) is 7.20. The van der Waals surface area contributed by atoms with Crippen LogP contribution in [0.15, 0.2) is 42.6 Å². The van der Waals surface area contributed by atoms with Gasteiger partial charge in [-0.15, -0.1) is 0 Å². The molecule has 0 aliphatic heterocycles. The highest BCUT2D eigenvalue weighted by Gasteiger charge is 2.16. The van der Waals surface area contributed by atoms with E-state index in [0.717, 1.165) is 17.7 Å². The molecule has 0 unspecified atom stereocenters. The van der Waals surface area contributed by atoms with Crippen molar-refractivity contribution in [1.29, 1.82) is 0 Å². The minimum absolute atomic E-state index is 0.0710. The molecule has 5 nitrogen and oxygen atoms in total. The lowest BCUT2D eigenvalue weighted by atomic mass is 10.3. The number of anilines is 1. The first-order chi connectivity index (χ1) is 11.4. The number of rotatable bonds is 3. The summed E-state index contributed by atoms with van der Waals surface area (Å²) in [5, 5.41) is 6.74. The normalized spacial score (nSPS) is 10.7. The van der Waals surface area contributed by atoms with Crippen LogP contribution in [-0.4, -0.2) is 20.7 Å². The number of benzene rings is 1. The van der Waals surface area contributed by atoms with Crippen LogP contribution in [-0.2, 0) is 0 Å². The summed E-state index contributed by atoms with van der Waals surface area (Å²) in [6, 6.07) is 8.23. The summed E-state index contributed by atoms with van der Waals surface area (Å²) in [5.74, 6) is -1.49. The minimum Gasteiger partial charge on any atom is -0.305 e. The lowest BCUT2D eigenvalue weighted by molar-refractivity contribution is 0.102. The minimum atomic E-state index is -0.756. The SMILES string of the molecule is Cc1ccnc(NC(=O)c2cc(C)n(-c3ccc(F)cc3F)n2)c1. The molecule has 7 heteroatoms. The number of carbonyl (C=O) groups excluding carboxylic acids is 1. The van der Waals surface area contributed by atoms with Gasteiger partial charge in [-0.2, -0.15) is 5.10 Å². The molecule has 0 aliphatic rings. The molecule has 0 spiro atoms. The molecule has 24 heavy (non-hydrogen) atoms. The number of pyridine rings is 1. The van der Waals surface area contributed by atoms with Gasteiger partial charge in [-0.3, -0.25) is 4.79 Å². The molecular weight excluding hydrogens is 314 g/mol. The summed E-state index contributed by atoms with van der Waals surface area (Å²) < 4.78 is 28.2. The van der Waals surface area contributed by atoms with Gasteiger partial charge in [-0.05, 0) is 49.7 Å².